The van der Waals surface area contributed by atoms with Gasteiger partial charge in [0.05, 0.1) is 11.3 Å². The van der Waals surface area contributed by atoms with E-state index >= 15 is 0 Å². The second-order valence-electron chi connectivity index (χ2n) is 6.46. The van der Waals surface area contributed by atoms with Gasteiger partial charge in [-0.3, -0.25) is 4.79 Å². The Hall–Kier alpha value is -4.08. The Bertz CT molecular complexity index is 1180. The third-order valence-corrected chi connectivity index (χ3v) is 4.49. The number of aromatic carboxylic acids is 1. The smallest absolute Gasteiger partial charge is 0.337 e. The Balaban J connectivity index is 1.68. The molecule has 0 saturated carbocycles. The van der Waals surface area contributed by atoms with E-state index in [0.29, 0.717) is 22.9 Å². The van der Waals surface area contributed by atoms with E-state index in [1.54, 1.807) is 42.5 Å². The van der Waals surface area contributed by atoms with Gasteiger partial charge in [-0.1, -0.05) is 48.0 Å². The highest BCUT2D eigenvalue weighted by Gasteiger charge is 2.14. The molecule has 31 heavy (non-hydrogen) atoms. The van der Waals surface area contributed by atoms with Crippen LogP contribution >= 0.6 is 11.6 Å². The SMILES string of the molecule is N#C/C(=C\c1ccc(OCc2cccc(Cl)c2)cc1)C(=O)Nc1ccccc1C(=O)O. The Morgan fingerprint density at radius 1 is 1.06 bits per heavy atom. The lowest BCUT2D eigenvalue weighted by Gasteiger charge is -2.08. The summed E-state index contributed by atoms with van der Waals surface area (Å²) < 4.78 is 5.72. The molecular weight excluding hydrogens is 416 g/mol. The molecule has 1 amide bonds. The van der Waals surface area contributed by atoms with Crippen molar-refractivity contribution in [2.75, 3.05) is 5.32 Å². The lowest BCUT2D eigenvalue weighted by atomic mass is 10.1. The van der Waals surface area contributed by atoms with Crippen LogP contribution in [0.15, 0.2) is 78.4 Å². The number of anilines is 1. The van der Waals surface area contributed by atoms with Crippen molar-refractivity contribution in [1.82, 2.24) is 0 Å². The highest BCUT2D eigenvalue weighted by atomic mass is 35.5. The van der Waals surface area contributed by atoms with Crippen molar-refractivity contribution in [1.29, 1.82) is 5.26 Å². The zero-order chi connectivity index (χ0) is 22.2. The molecule has 7 heteroatoms. The fourth-order valence-corrected chi connectivity index (χ4v) is 2.95. The lowest BCUT2D eigenvalue weighted by Crippen LogP contribution is -2.16. The van der Waals surface area contributed by atoms with Gasteiger partial charge in [0.15, 0.2) is 0 Å². The molecule has 0 aliphatic rings. The summed E-state index contributed by atoms with van der Waals surface area (Å²) in [5.41, 5.74) is 1.45. The molecule has 0 aliphatic carbocycles. The monoisotopic (exact) mass is 432 g/mol. The number of nitrogens with one attached hydrogen (secondary N) is 1. The predicted molar refractivity (Wildman–Crippen MR) is 118 cm³/mol. The van der Waals surface area contributed by atoms with E-state index < -0.39 is 11.9 Å². The fourth-order valence-electron chi connectivity index (χ4n) is 2.74. The van der Waals surface area contributed by atoms with E-state index in [1.165, 1.54) is 18.2 Å². The summed E-state index contributed by atoms with van der Waals surface area (Å²) in [6, 6.07) is 22.1. The quantitative estimate of drug-likeness (QED) is 0.396. The summed E-state index contributed by atoms with van der Waals surface area (Å²) in [5.74, 6) is -1.25. The van der Waals surface area contributed by atoms with Crippen LogP contribution in [0.5, 0.6) is 5.75 Å². The number of halogens is 1. The van der Waals surface area contributed by atoms with Crippen LogP contribution in [-0.2, 0) is 11.4 Å². The molecule has 0 radical (unpaired) electrons. The first-order chi connectivity index (χ1) is 15.0. The van der Waals surface area contributed by atoms with Crippen LogP contribution < -0.4 is 10.1 Å². The number of carboxylic acids is 1. The van der Waals surface area contributed by atoms with Crippen molar-refractivity contribution in [3.05, 3.63) is 100 Å². The summed E-state index contributed by atoms with van der Waals surface area (Å²) in [6.07, 6.45) is 1.42. The van der Waals surface area contributed by atoms with Gasteiger partial charge in [-0.15, -0.1) is 0 Å². The Morgan fingerprint density at radius 3 is 2.48 bits per heavy atom. The predicted octanol–water partition coefficient (Wildman–Crippen LogP) is 5.16. The van der Waals surface area contributed by atoms with Crippen LogP contribution in [0, 0.1) is 11.3 Å². The molecule has 0 bridgehead atoms. The highest BCUT2D eigenvalue weighted by molar-refractivity contribution is 6.30. The molecule has 0 unspecified atom stereocenters. The van der Waals surface area contributed by atoms with Crippen molar-refractivity contribution in [3.63, 3.8) is 0 Å². The topological polar surface area (TPSA) is 99.4 Å². The molecule has 3 aromatic carbocycles. The molecule has 0 atom stereocenters. The van der Waals surface area contributed by atoms with Gasteiger partial charge in [-0.05, 0) is 53.6 Å². The minimum Gasteiger partial charge on any atom is -0.489 e. The van der Waals surface area contributed by atoms with E-state index in [9.17, 15) is 20.0 Å². The summed E-state index contributed by atoms with van der Waals surface area (Å²) in [5, 5.41) is 21.7. The number of nitriles is 1. The van der Waals surface area contributed by atoms with Crippen LogP contribution in [0.25, 0.3) is 6.08 Å². The second-order valence-corrected chi connectivity index (χ2v) is 6.90. The zero-order valence-corrected chi connectivity index (χ0v) is 17.0. The van der Waals surface area contributed by atoms with Crippen molar-refractivity contribution in [2.45, 2.75) is 6.61 Å². The number of hydrogen-bond donors (Lipinski definition) is 2. The van der Waals surface area contributed by atoms with E-state index in [4.69, 9.17) is 16.3 Å². The number of nitrogens with zero attached hydrogens (tertiary/aromatic N) is 1. The molecule has 0 spiro atoms. The van der Waals surface area contributed by atoms with Crippen molar-refractivity contribution in [3.8, 4) is 11.8 Å². The summed E-state index contributed by atoms with van der Waals surface area (Å²) in [4.78, 5) is 23.7. The van der Waals surface area contributed by atoms with Gasteiger partial charge >= 0.3 is 5.97 Å². The molecule has 6 nitrogen and oxygen atoms in total. The van der Waals surface area contributed by atoms with Gasteiger partial charge in [-0.2, -0.15) is 5.26 Å². The summed E-state index contributed by atoms with van der Waals surface area (Å²) in [6.45, 7) is 0.352. The number of rotatable bonds is 7. The Kier molecular flexibility index (Phi) is 7.05. The third kappa shape index (κ3) is 5.95. The molecule has 0 aromatic heterocycles. The molecular formula is C24H17ClN2O4. The van der Waals surface area contributed by atoms with Gasteiger partial charge < -0.3 is 15.2 Å². The van der Waals surface area contributed by atoms with Crippen LogP contribution in [-0.4, -0.2) is 17.0 Å². The molecule has 0 aliphatic heterocycles. The second kappa shape index (κ2) is 10.1. The number of carboxylic acid groups (broad SMARTS) is 1. The maximum atomic E-state index is 12.4. The maximum Gasteiger partial charge on any atom is 0.337 e. The Morgan fingerprint density at radius 2 is 1.81 bits per heavy atom. The van der Waals surface area contributed by atoms with E-state index in [0.717, 1.165) is 5.56 Å². The summed E-state index contributed by atoms with van der Waals surface area (Å²) >= 11 is 5.96. The number of benzene rings is 3. The van der Waals surface area contributed by atoms with Gasteiger partial charge in [0.1, 0.15) is 24.0 Å². The first-order valence-corrected chi connectivity index (χ1v) is 9.57. The minimum atomic E-state index is -1.17. The molecule has 0 heterocycles. The number of para-hydroxylation sites is 1. The van der Waals surface area contributed by atoms with Gasteiger partial charge in [0.2, 0.25) is 0 Å². The standard InChI is InChI=1S/C24H17ClN2O4/c25-19-5-3-4-17(13-19)15-31-20-10-8-16(9-11-20)12-18(14-26)23(28)27-22-7-2-1-6-21(22)24(29)30/h1-13H,15H2,(H,27,28)(H,29,30)/b18-12+. The van der Waals surface area contributed by atoms with Crippen LogP contribution in [0.4, 0.5) is 5.69 Å². The number of carbonyl (C=O) groups is 2. The fraction of sp³-hybridized carbons (Fsp3) is 0.0417. The first kappa shape index (κ1) is 21.6. The molecule has 154 valence electrons. The zero-order valence-electron chi connectivity index (χ0n) is 16.2. The molecule has 0 fully saturated rings. The molecule has 0 saturated heterocycles. The van der Waals surface area contributed by atoms with Crippen LogP contribution in [0.3, 0.4) is 0 Å². The third-order valence-electron chi connectivity index (χ3n) is 4.26. The largest absolute Gasteiger partial charge is 0.489 e. The average Bonchev–Trinajstić information content (AvgIpc) is 2.77. The van der Waals surface area contributed by atoms with Gasteiger partial charge in [0.25, 0.3) is 5.91 Å². The molecule has 3 aromatic rings. The number of ether oxygens (including phenoxy) is 1. The maximum absolute atomic E-state index is 12.4. The Labute approximate surface area is 184 Å². The first-order valence-electron chi connectivity index (χ1n) is 9.19. The highest BCUT2D eigenvalue weighted by Crippen LogP contribution is 2.19. The normalized spacial score (nSPS) is 10.8. The number of amides is 1. The van der Waals surface area contributed by atoms with Crippen LogP contribution in [0.2, 0.25) is 5.02 Å². The molecule has 3 rings (SSSR count). The van der Waals surface area contributed by atoms with Crippen molar-refractivity contribution in [2.24, 2.45) is 0 Å². The van der Waals surface area contributed by atoms with E-state index in [2.05, 4.69) is 5.32 Å². The number of carbonyl (C=O) groups excluding carboxylic acids is 1. The minimum absolute atomic E-state index is 0.0608. The van der Waals surface area contributed by atoms with Gasteiger partial charge in [0, 0.05) is 5.02 Å². The van der Waals surface area contributed by atoms with E-state index in [1.807, 2.05) is 24.3 Å². The van der Waals surface area contributed by atoms with Crippen molar-refractivity contribution >= 4 is 35.2 Å². The number of hydrogen-bond acceptors (Lipinski definition) is 4. The van der Waals surface area contributed by atoms with Gasteiger partial charge in [-0.25, -0.2) is 4.79 Å². The van der Waals surface area contributed by atoms with E-state index in [-0.39, 0.29) is 16.8 Å². The average molecular weight is 433 g/mol. The van der Waals surface area contributed by atoms with Crippen molar-refractivity contribution < 1.29 is 19.4 Å². The molecule has 2 N–H and O–H groups in total. The lowest BCUT2D eigenvalue weighted by molar-refractivity contribution is -0.112. The van der Waals surface area contributed by atoms with Crippen LogP contribution in [0.1, 0.15) is 21.5 Å². The summed E-state index contributed by atoms with van der Waals surface area (Å²) in [7, 11) is 0.